The van der Waals surface area contributed by atoms with Crippen LogP contribution in [0.15, 0.2) is 72.0 Å². The van der Waals surface area contributed by atoms with Crippen molar-refractivity contribution in [2.24, 2.45) is 0 Å². The summed E-state index contributed by atoms with van der Waals surface area (Å²) in [5.74, 6) is -0.996. The Morgan fingerprint density at radius 2 is 1.74 bits per heavy atom. The first-order valence-corrected chi connectivity index (χ1v) is 8.99. The van der Waals surface area contributed by atoms with Gasteiger partial charge in [0.15, 0.2) is 0 Å². The minimum atomic E-state index is -4.51. The van der Waals surface area contributed by atoms with Crippen molar-refractivity contribution in [2.75, 3.05) is 0 Å². The van der Waals surface area contributed by atoms with Crippen LogP contribution in [0.4, 0.5) is 13.2 Å². The standard InChI is InChI=1S/C17H12F3N3O3S/c18-17(19,20)12-5-4-6-13(9-12)23-10-15(21-11-23)16(24)22-27(25,26)14-7-2-1-3-8-14/h1-11H,(H,22,24). The lowest BCUT2D eigenvalue weighted by molar-refractivity contribution is -0.137. The number of alkyl halides is 3. The van der Waals surface area contributed by atoms with Crippen molar-refractivity contribution in [3.63, 3.8) is 0 Å². The van der Waals surface area contributed by atoms with Crippen LogP contribution in [0.25, 0.3) is 5.69 Å². The topological polar surface area (TPSA) is 81.1 Å². The van der Waals surface area contributed by atoms with E-state index in [0.29, 0.717) is 0 Å². The Balaban J connectivity index is 1.83. The van der Waals surface area contributed by atoms with Gasteiger partial charge in [-0.3, -0.25) is 4.79 Å². The molecule has 0 aliphatic carbocycles. The molecule has 27 heavy (non-hydrogen) atoms. The predicted molar refractivity (Wildman–Crippen MR) is 89.7 cm³/mol. The maximum absolute atomic E-state index is 12.8. The highest BCUT2D eigenvalue weighted by Gasteiger charge is 2.30. The van der Waals surface area contributed by atoms with Gasteiger partial charge in [-0.05, 0) is 30.3 Å². The number of halogens is 3. The molecule has 10 heteroatoms. The molecule has 0 fully saturated rings. The Bertz CT molecular complexity index is 1080. The van der Waals surface area contributed by atoms with E-state index in [4.69, 9.17) is 0 Å². The molecule has 140 valence electrons. The summed E-state index contributed by atoms with van der Waals surface area (Å²) in [4.78, 5) is 15.8. The number of nitrogens with zero attached hydrogens (tertiary/aromatic N) is 2. The van der Waals surface area contributed by atoms with Gasteiger partial charge < -0.3 is 4.57 Å². The van der Waals surface area contributed by atoms with Crippen LogP contribution in [0, 0.1) is 0 Å². The molecular weight excluding hydrogens is 383 g/mol. The highest BCUT2D eigenvalue weighted by molar-refractivity contribution is 7.90. The van der Waals surface area contributed by atoms with Crippen molar-refractivity contribution >= 4 is 15.9 Å². The summed E-state index contributed by atoms with van der Waals surface area (Å²) in [5, 5.41) is 0. The zero-order valence-corrected chi connectivity index (χ0v) is 14.3. The number of aromatic nitrogens is 2. The van der Waals surface area contributed by atoms with E-state index >= 15 is 0 Å². The molecule has 0 spiro atoms. The number of sulfonamides is 1. The van der Waals surface area contributed by atoms with Gasteiger partial charge in [0.2, 0.25) is 0 Å². The van der Waals surface area contributed by atoms with Crippen LogP contribution < -0.4 is 4.72 Å². The molecule has 0 aliphatic heterocycles. The maximum atomic E-state index is 12.8. The number of carbonyl (C=O) groups is 1. The largest absolute Gasteiger partial charge is 0.416 e. The Morgan fingerprint density at radius 1 is 1.04 bits per heavy atom. The van der Waals surface area contributed by atoms with E-state index in [2.05, 4.69) is 4.98 Å². The van der Waals surface area contributed by atoms with E-state index in [-0.39, 0.29) is 16.3 Å². The summed E-state index contributed by atoms with van der Waals surface area (Å²) in [6.45, 7) is 0. The normalized spacial score (nSPS) is 12.0. The summed E-state index contributed by atoms with van der Waals surface area (Å²) in [7, 11) is -4.09. The molecule has 0 saturated carbocycles. The van der Waals surface area contributed by atoms with E-state index < -0.39 is 27.7 Å². The zero-order chi connectivity index (χ0) is 19.7. The monoisotopic (exact) mass is 395 g/mol. The van der Waals surface area contributed by atoms with E-state index in [1.54, 1.807) is 6.07 Å². The van der Waals surface area contributed by atoms with Crippen LogP contribution in [0.3, 0.4) is 0 Å². The summed E-state index contributed by atoms with van der Waals surface area (Å²) in [6.07, 6.45) is -2.24. The van der Waals surface area contributed by atoms with Gasteiger partial charge >= 0.3 is 6.18 Å². The molecule has 2 aromatic carbocycles. The fourth-order valence-corrected chi connectivity index (χ4v) is 3.24. The number of hydrogen-bond donors (Lipinski definition) is 1. The van der Waals surface area contributed by atoms with Gasteiger partial charge in [-0.15, -0.1) is 0 Å². The molecule has 1 aromatic heterocycles. The lowest BCUT2D eigenvalue weighted by atomic mass is 10.2. The smallest absolute Gasteiger partial charge is 0.305 e. The van der Waals surface area contributed by atoms with Crippen molar-refractivity contribution in [3.8, 4) is 5.69 Å². The average Bonchev–Trinajstić information content (AvgIpc) is 3.12. The van der Waals surface area contributed by atoms with Crippen molar-refractivity contribution in [2.45, 2.75) is 11.1 Å². The van der Waals surface area contributed by atoms with E-state index in [1.807, 2.05) is 4.72 Å². The minimum Gasteiger partial charge on any atom is -0.305 e. The van der Waals surface area contributed by atoms with Crippen LogP contribution in [-0.4, -0.2) is 23.9 Å². The molecule has 0 bridgehead atoms. The van der Waals surface area contributed by atoms with Crippen LogP contribution in [0.5, 0.6) is 0 Å². The van der Waals surface area contributed by atoms with Crippen LogP contribution >= 0.6 is 0 Å². The molecule has 1 amide bonds. The van der Waals surface area contributed by atoms with E-state index in [0.717, 1.165) is 24.7 Å². The number of nitrogens with one attached hydrogen (secondary N) is 1. The number of rotatable bonds is 4. The van der Waals surface area contributed by atoms with E-state index in [9.17, 15) is 26.4 Å². The summed E-state index contributed by atoms with van der Waals surface area (Å²) in [6, 6.07) is 11.7. The van der Waals surface area contributed by atoms with Crippen LogP contribution in [0.1, 0.15) is 16.1 Å². The molecule has 3 rings (SSSR count). The van der Waals surface area contributed by atoms with Gasteiger partial charge in [0.05, 0.1) is 10.5 Å². The molecule has 0 radical (unpaired) electrons. The van der Waals surface area contributed by atoms with Crippen molar-refractivity contribution < 1.29 is 26.4 Å². The predicted octanol–water partition coefficient (Wildman–Crippen LogP) is 3.01. The molecule has 0 atom stereocenters. The Hall–Kier alpha value is -3.14. The Kier molecular flexibility index (Phi) is 4.75. The van der Waals surface area contributed by atoms with Gasteiger partial charge in [-0.1, -0.05) is 24.3 Å². The first-order valence-electron chi connectivity index (χ1n) is 7.51. The Labute approximate surface area is 152 Å². The Morgan fingerprint density at radius 3 is 2.41 bits per heavy atom. The van der Waals surface area contributed by atoms with Crippen molar-refractivity contribution in [1.29, 1.82) is 0 Å². The molecule has 1 heterocycles. The second-order valence-corrected chi connectivity index (χ2v) is 7.14. The third-order valence-corrected chi connectivity index (χ3v) is 4.91. The second-order valence-electron chi connectivity index (χ2n) is 5.46. The fraction of sp³-hybridized carbons (Fsp3) is 0.0588. The lowest BCUT2D eigenvalue weighted by Crippen LogP contribution is -2.30. The van der Waals surface area contributed by atoms with E-state index in [1.165, 1.54) is 41.0 Å². The molecule has 0 unspecified atom stereocenters. The first-order chi connectivity index (χ1) is 12.7. The number of hydrogen-bond acceptors (Lipinski definition) is 4. The van der Waals surface area contributed by atoms with Crippen molar-refractivity contribution in [3.05, 3.63) is 78.4 Å². The number of amides is 1. The second kappa shape index (κ2) is 6.88. The lowest BCUT2D eigenvalue weighted by Gasteiger charge is -2.08. The van der Waals surface area contributed by atoms with Crippen LogP contribution in [-0.2, 0) is 16.2 Å². The molecule has 0 saturated heterocycles. The minimum absolute atomic E-state index is 0.101. The number of carbonyl (C=O) groups excluding carboxylic acids is 1. The van der Waals surface area contributed by atoms with Gasteiger partial charge in [0.25, 0.3) is 15.9 Å². The highest BCUT2D eigenvalue weighted by atomic mass is 32.2. The molecular formula is C17H12F3N3O3S. The summed E-state index contributed by atoms with van der Waals surface area (Å²) in [5.41, 5.74) is -0.986. The third-order valence-electron chi connectivity index (χ3n) is 3.57. The summed E-state index contributed by atoms with van der Waals surface area (Å²) < 4.78 is 65.8. The van der Waals surface area contributed by atoms with Gasteiger partial charge in [-0.2, -0.15) is 13.2 Å². The molecule has 0 aliphatic rings. The number of imidazole rings is 1. The fourth-order valence-electron chi connectivity index (χ4n) is 2.26. The molecule has 1 N–H and O–H groups in total. The van der Waals surface area contributed by atoms with Gasteiger partial charge in [0.1, 0.15) is 12.0 Å². The average molecular weight is 395 g/mol. The zero-order valence-electron chi connectivity index (χ0n) is 13.5. The first kappa shape index (κ1) is 18.6. The quantitative estimate of drug-likeness (QED) is 0.736. The number of benzene rings is 2. The van der Waals surface area contributed by atoms with Gasteiger partial charge in [0, 0.05) is 11.9 Å². The maximum Gasteiger partial charge on any atom is 0.416 e. The molecule has 3 aromatic rings. The SMILES string of the molecule is O=C(NS(=O)(=O)c1ccccc1)c1cn(-c2cccc(C(F)(F)F)c2)cn1. The summed E-state index contributed by atoms with van der Waals surface area (Å²) >= 11 is 0. The van der Waals surface area contributed by atoms with Gasteiger partial charge in [-0.25, -0.2) is 18.1 Å². The molecule has 6 nitrogen and oxygen atoms in total. The third kappa shape index (κ3) is 4.17. The van der Waals surface area contributed by atoms with Crippen LogP contribution in [0.2, 0.25) is 0 Å². The van der Waals surface area contributed by atoms with Crippen molar-refractivity contribution in [1.82, 2.24) is 14.3 Å². The highest BCUT2D eigenvalue weighted by Crippen LogP contribution is 2.30.